The lowest BCUT2D eigenvalue weighted by Gasteiger charge is -1.93. The van der Waals surface area contributed by atoms with E-state index in [1.54, 1.807) is 0 Å². The van der Waals surface area contributed by atoms with Crippen LogP contribution in [0.1, 0.15) is 27.7 Å². The second kappa shape index (κ2) is 6.58. The molecule has 1 N–H and O–H groups in total. The molecule has 3 heteroatoms. The molecule has 0 bridgehead atoms. The monoisotopic (exact) mass is 181 g/mol. The van der Waals surface area contributed by atoms with E-state index in [-0.39, 0.29) is 0 Å². The average molecular weight is 181 g/mol. The van der Waals surface area contributed by atoms with E-state index in [2.05, 4.69) is 43.7 Å². The van der Waals surface area contributed by atoms with E-state index in [4.69, 9.17) is 0 Å². The Kier molecular flexibility index (Phi) is 6.50. The summed E-state index contributed by atoms with van der Waals surface area (Å²) in [5.41, 5.74) is 7.23. The van der Waals surface area contributed by atoms with Crippen molar-refractivity contribution >= 4 is 19.4 Å². The highest BCUT2D eigenvalue weighted by Crippen LogP contribution is 1.85. The van der Waals surface area contributed by atoms with Crippen LogP contribution in [0.2, 0.25) is 0 Å². The SMILES string of the molecule is CC(C)=C[Si]N[Si]C=C(C)C. The Balaban J connectivity index is 3.29. The highest BCUT2D eigenvalue weighted by Gasteiger charge is 1.84. The molecular formula is C8H15NSi2. The van der Waals surface area contributed by atoms with E-state index in [0.29, 0.717) is 0 Å². The lowest BCUT2D eigenvalue weighted by Crippen LogP contribution is -2.21. The Morgan fingerprint density at radius 2 is 1.27 bits per heavy atom. The van der Waals surface area contributed by atoms with Gasteiger partial charge in [-0.3, -0.25) is 0 Å². The molecule has 0 amide bonds. The van der Waals surface area contributed by atoms with Gasteiger partial charge in [0.2, 0.25) is 0 Å². The quantitative estimate of drug-likeness (QED) is 0.514. The van der Waals surface area contributed by atoms with Crippen LogP contribution in [-0.2, 0) is 0 Å². The Labute approximate surface area is 74.8 Å². The zero-order valence-corrected chi connectivity index (χ0v) is 9.65. The number of rotatable bonds is 4. The lowest BCUT2D eigenvalue weighted by molar-refractivity contribution is 1.39. The van der Waals surface area contributed by atoms with Crippen LogP contribution in [0.5, 0.6) is 0 Å². The van der Waals surface area contributed by atoms with Crippen LogP contribution in [0.4, 0.5) is 0 Å². The van der Waals surface area contributed by atoms with E-state index < -0.39 is 0 Å². The number of allylic oxidation sites excluding steroid dienone is 2. The predicted octanol–water partition coefficient (Wildman–Crippen LogP) is 1.66. The fourth-order valence-corrected chi connectivity index (χ4v) is 1.89. The number of hydrogen-bond donors (Lipinski definition) is 1. The number of hydrogen-bond acceptors (Lipinski definition) is 1. The molecule has 0 aromatic rings. The summed E-state index contributed by atoms with van der Waals surface area (Å²) in [5, 5.41) is 0. The van der Waals surface area contributed by atoms with Gasteiger partial charge in [-0.2, -0.15) is 0 Å². The van der Waals surface area contributed by atoms with Crippen molar-refractivity contribution in [2.45, 2.75) is 27.7 Å². The van der Waals surface area contributed by atoms with Gasteiger partial charge in [0.25, 0.3) is 0 Å². The second-order valence-corrected chi connectivity index (χ2v) is 5.01. The molecule has 0 atom stereocenters. The normalized spacial score (nSPS) is 9.09. The molecule has 0 saturated heterocycles. The fourth-order valence-electron chi connectivity index (χ4n) is 0.403. The zero-order valence-electron chi connectivity index (χ0n) is 7.65. The second-order valence-electron chi connectivity index (χ2n) is 2.86. The molecule has 1 nitrogen and oxygen atoms in total. The minimum Gasteiger partial charge on any atom is -0.356 e. The maximum atomic E-state index is 3.35. The van der Waals surface area contributed by atoms with Gasteiger partial charge in [-0.05, 0) is 27.7 Å². The highest BCUT2D eigenvalue weighted by atomic mass is 28.3. The first-order valence-electron chi connectivity index (χ1n) is 3.65. The largest absolute Gasteiger partial charge is 0.356 e. The van der Waals surface area contributed by atoms with Crippen molar-refractivity contribution in [2.75, 3.05) is 0 Å². The third-order valence-electron chi connectivity index (χ3n) is 0.866. The van der Waals surface area contributed by atoms with E-state index in [1.165, 1.54) is 11.1 Å². The minimum atomic E-state index is 0.768. The molecule has 0 aromatic carbocycles. The molecule has 0 aliphatic rings. The molecule has 0 heterocycles. The highest BCUT2D eigenvalue weighted by molar-refractivity contribution is 6.56. The van der Waals surface area contributed by atoms with Gasteiger partial charge in [0.15, 0.2) is 19.4 Å². The lowest BCUT2D eigenvalue weighted by atomic mass is 10.4. The summed E-state index contributed by atoms with van der Waals surface area (Å²) >= 11 is 0. The molecule has 11 heavy (non-hydrogen) atoms. The molecule has 0 saturated carbocycles. The van der Waals surface area contributed by atoms with Crippen LogP contribution in [0, 0.1) is 0 Å². The maximum absolute atomic E-state index is 3.35. The van der Waals surface area contributed by atoms with Crippen molar-refractivity contribution < 1.29 is 0 Å². The zero-order chi connectivity index (χ0) is 8.69. The summed E-state index contributed by atoms with van der Waals surface area (Å²) in [7, 11) is 1.54. The van der Waals surface area contributed by atoms with Gasteiger partial charge >= 0.3 is 0 Å². The van der Waals surface area contributed by atoms with Crippen LogP contribution in [0.25, 0.3) is 0 Å². The third kappa shape index (κ3) is 9.87. The van der Waals surface area contributed by atoms with Crippen molar-refractivity contribution in [1.82, 2.24) is 4.65 Å². The van der Waals surface area contributed by atoms with E-state index in [0.717, 1.165) is 19.4 Å². The Bertz CT molecular complexity index is 135. The van der Waals surface area contributed by atoms with Gasteiger partial charge in [-0.1, -0.05) is 22.5 Å². The Hall–Kier alpha value is -0.126. The van der Waals surface area contributed by atoms with Crippen LogP contribution < -0.4 is 4.65 Å². The van der Waals surface area contributed by atoms with Crippen molar-refractivity contribution in [2.24, 2.45) is 0 Å². The van der Waals surface area contributed by atoms with Crippen LogP contribution in [0.15, 0.2) is 22.5 Å². The summed E-state index contributed by atoms with van der Waals surface area (Å²) in [6.45, 7) is 8.49. The van der Waals surface area contributed by atoms with Crippen LogP contribution in [0.3, 0.4) is 0 Å². The topological polar surface area (TPSA) is 12.0 Å². The van der Waals surface area contributed by atoms with Crippen LogP contribution in [-0.4, -0.2) is 19.4 Å². The molecule has 0 fully saturated rings. The molecule has 0 spiro atoms. The Morgan fingerprint density at radius 3 is 1.55 bits per heavy atom. The summed E-state index contributed by atoms with van der Waals surface area (Å²) in [6.07, 6.45) is 0. The summed E-state index contributed by atoms with van der Waals surface area (Å²) in [4.78, 5) is 0. The van der Waals surface area contributed by atoms with Gasteiger partial charge < -0.3 is 4.65 Å². The van der Waals surface area contributed by atoms with Crippen LogP contribution >= 0.6 is 0 Å². The van der Waals surface area contributed by atoms with Crippen molar-refractivity contribution in [3.8, 4) is 0 Å². The van der Waals surface area contributed by atoms with Gasteiger partial charge in [-0.25, -0.2) is 0 Å². The van der Waals surface area contributed by atoms with Gasteiger partial charge in [0, 0.05) is 0 Å². The number of nitrogens with one attached hydrogen (secondary N) is 1. The first-order chi connectivity index (χ1) is 5.13. The van der Waals surface area contributed by atoms with Crippen molar-refractivity contribution in [3.05, 3.63) is 22.5 Å². The molecule has 0 unspecified atom stereocenters. The molecule has 0 aromatic heterocycles. The Morgan fingerprint density at radius 1 is 0.909 bits per heavy atom. The molecular weight excluding hydrogens is 166 g/mol. The standard InChI is InChI=1S/C8H15NSi2/c1-7(2)5-10-9-11-6-8(3)4/h5-6,9H,1-4H3. The summed E-state index contributed by atoms with van der Waals surface area (Å²) in [6, 6.07) is 0. The van der Waals surface area contributed by atoms with E-state index in [1.807, 2.05) is 0 Å². The van der Waals surface area contributed by atoms with E-state index >= 15 is 0 Å². The van der Waals surface area contributed by atoms with E-state index in [9.17, 15) is 0 Å². The predicted molar refractivity (Wildman–Crippen MR) is 53.5 cm³/mol. The third-order valence-corrected chi connectivity index (χ3v) is 3.46. The first kappa shape index (κ1) is 10.9. The average Bonchev–Trinajstić information content (AvgIpc) is 1.85. The molecule has 4 radical (unpaired) electrons. The summed E-state index contributed by atoms with van der Waals surface area (Å²) in [5.74, 6) is 0. The molecule has 0 aliphatic heterocycles. The summed E-state index contributed by atoms with van der Waals surface area (Å²) < 4.78 is 3.35. The first-order valence-corrected chi connectivity index (χ1v) is 5.81. The fraction of sp³-hybridized carbons (Fsp3) is 0.500. The smallest absolute Gasteiger partial charge is 0.163 e. The molecule has 60 valence electrons. The van der Waals surface area contributed by atoms with Gasteiger partial charge in [0.05, 0.1) is 0 Å². The molecule has 0 aliphatic carbocycles. The van der Waals surface area contributed by atoms with Crippen molar-refractivity contribution in [1.29, 1.82) is 0 Å². The maximum Gasteiger partial charge on any atom is 0.163 e. The van der Waals surface area contributed by atoms with Crippen molar-refractivity contribution in [3.63, 3.8) is 0 Å². The van der Waals surface area contributed by atoms with Gasteiger partial charge in [-0.15, -0.1) is 0 Å². The van der Waals surface area contributed by atoms with Gasteiger partial charge in [0.1, 0.15) is 0 Å². The molecule has 0 rings (SSSR count). The minimum absolute atomic E-state index is 0.768.